The molecule has 14 N–H and O–H groups in total. The Kier molecular flexibility index (Phi) is 20.8. The summed E-state index contributed by atoms with van der Waals surface area (Å²) in [5.41, 5.74) is -1.26. The molecular weight excluding hydrogens is 1150 g/mol. The molecule has 0 aromatic heterocycles. The summed E-state index contributed by atoms with van der Waals surface area (Å²) in [5.74, 6) is -0.799. The fourth-order valence-electron chi connectivity index (χ4n) is 15.8. The van der Waals surface area contributed by atoms with Gasteiger partial charge in [0.25, 0.3) is 0 Å². The normalized spacial score (nSPS) is 51.3. The fourth-order valence-corrected chi connectivity index (χ4v) is 16.3. The van der Waals surface area contributed by atoms with Gasteiger partial charge in [-0.3, -0.25) is 9.35 Å². The van der Waals surface area contributed by atoms with E-state index in [1.54, 1.807) is 6.92 Å². The maximum atomic E-state index is 13.2. The van der Waals surface area contributed by atoms with Gasteiger partial charge in [0, 0.05) is 12.8 Å². The number of carbonyl (C=O) groups is 1. The molecule has 4 aliphatic carbocycles. The number of aliphatic hydroxyl groups excluding tert-OH is 12. The first-order chi connectivity index (χ1) is 39.7. The average Bonchev–Trinajstić information content (AvgIpc) is 1.71. The minimum atomic E-state index is -4.88. The average molecular weight is 1250 g/mol. The van der Waals surface area contributed by atoms with E-state index in [9.17, 15) is 84.1 Å². The highest BCUT2D eigenvalue weighted by Gasteiger charge is 2.64. The van der Waals surface area contributed by atoms with Crippen molar-refractivity contribution in [2.45, 2.75) is 278 Å². The molecule has 0 spiro atoms. The van der Waals surface area contributed by atoms with E-state index >= 15 is 0 Å². The number of hydrogen-bond acceptors (Lipinski definition) is 27. The zero-order valence-corrected chi connectivity index (χ0v) is 50.0. The second kappa shape index (κ2) is 26.2. The number of Topliss-reactive ketones (excluding diaryl/α,β-unsaturated/α-hetero) is 1. The van der Waals surface area contributed by atoms with E-state index in [-0.39, 0.29) is 48.7 Å². The third kappa shape index (κ3) is 13.5. The van der Waals surface area contributed by atoms with Gasteiger partial charge in [0.1, 0.15) is 103 Å². The van der Waals surface area contributed by atoms with E-state index in [0.29, 0.717) is 32.1 Å². The number of ether oxygens (including phenoxy) is 10. The van der Waals surface area contributed by atoms with Crippen molar-refractivity contribution in [2.75, 3.05) is 13.2 Å². The van der Waals surface area contributed by atoms with Gasteiger partial charge in [-0.05, 0) is 113 Å². The molecule has 5 aliphatic heterocycles. The molecule has 3 saturated carbocycles. The molecule has 9 rings (SSSR count). The fraction of sp³-hybridized carbons (Fsp3) is 0.946. The lowest BCUT2D eigenvalue weighted by molar-refractivity contribution is -0.398. The Morgan fingerprint density at radius 3 is 1.78 bits per heavy atom. The largest absolute Gasteiger partial charge is 0.397 e. The third-order valence-corrected chi connectivity index (χ3v) is 20.8. The van der Waals surface area contributed by atoms with Crippen molar-refractivity contribution in [1.82, 2.24) is 0 Å². The van der Waals surface area contributed by atoms with Gasteiger partial charge in [0.2, 0.25) is 0 Å². The predicted octanol–water partition coefficient (Wildman–Crippen LogP) is -2.68. The van der Waals surface area contributed by atoms with Crippen LogP contribution < -0.4 is 0 Å². The maximum absolute atomic E-state index is 13.2. The Hall–Kier alpha value is -1.64. The molecule has 490 valence electrons. The Balaban J connectivity index is 0.982. The summed E-state index contributed by atoms with van der Waals surface area (Å²) in [5, 5.41) is 145. The number of allylic oxidation sites excluding steroid dienone is 2. The van der Waals surface area contributed by atoms with E-state index < -0.39 is 206 Å². The van der Waals surface area contributed by atoms with E-state index in [4.69, 9.17) is 51.6 Å². The van der Waals surface area contributed by atoms with Crippen LogP contribution in [0.5, 0.6) is 0 Å². The monoisotopic (exact) mass is 1240 g/mol. The van der Waals surface area contributed by atoms with Crippen LogP contribution in [0.1, 0.15) is 113 Å². The highest BCUT2D eigenvalue weighted by atomic mass is 32.3. The van der Waals surface area contributed by atoms with Gasteiger partial charge in [-0.2, -0.15) is 8.42 Å². The molecule has 9 aliphatic rings. The van der Waals surface area contributed by atoms with Gasteiger partial charge in [-0.25, -0.2) is 4.18 Å². The van der Waals surface area contributed by atoms with Gasteiger partial charge < -0.3 is 114 Å². The van der Waals surface area contributed by atoms with Crippen molar-refractivity contribution in [3.8, 4) is 0 Å². The first-order valence-electron chi connectivity index (χ1n) is 29.9. The van der Waals surface area contributed by atoms with Gasteiger partial charge >= 0.3 is 10.4 Å². The summed E-state index contributed by atoms with van der Waals surface area (Å²) in [4.78, 5) is 13.2. The summed E-state index contributed by atoms with van der Waals surface area (Å²) >= 11 is 0. The van der Waals surface area contributed by atoms with Crippen LogP contribution in [0.2, 0.25) is 0 Å². The summed E-state index contributed by atoms with van der Waals surface area (Å²) < 4.78 is 100. The molecule has 0 radical (unpaired) electrons. The van der Waals surface area contributed by atoms with Crippen LogP contribution >= 0.6 is 0 Å². The number of aliphatic hydroxyl groups is 13. The molecule has 0 aromatic rings. The summed E-state index contributed by atoms with van der Waals surface area (Å²) in [6.07, 6.45) is -37.1. The molecule has 4 unspecified atom stereocenters. The van der Waals surface area contributed by atoms with Crippen LogP contribution in [0.4, 0.5) is 0 Å². The molecule has 0 amide bonds. The smallest absolute Gasteiger partial charge is 0.394 e. The maximum Gasteiger partial charge on any atom is 0.397 e. The minimum absolute atomic E-state index is 0.00462. The van der Waals surface area contributed by atoms with Crippen LogP contribution in [0, 0.1) is 40.4 Å². The lowest BCUT2D eigenvalue weighted by Crippen LogP contribution is -2.67. The van der Waals surface area contributed by atoms with Crippen LogP contribution in [0.3, 0.4) is 0 Å². The molecular formula is C56H92O28S. The molecule has 5 heterocycles. The van der Waals surface area contributed by atoms with Crippen molar-refractivity contribution in [3.05, 3.63) is 11.6 Å². The zero-order chi connectivity index (χ0) is 62.3. The Morgan fingerprint density at radius 1 is 0.647 bits per heavy atom. The van der Waals surface area contributed by atoms with E-state index in [2.05, 4.69) is 19.9 Å². The lowest BCUT2D eigenvalue weighted by atomic mass is 9.47. The van der Waals surface area contributed by atoms with E-state index in [0.717, 1.165) is 12.0 Å². The van der Waals surface area contributed by atoms with Crippen molar-refractivity contribution in [3.63, 3.8) is 0 Å². The first-order valence-corrected chi connectivity index (χ1v) is 31.3. The van der Waals surface area contributed by atoms with Gasteiger partial charge in [0.15, 0.2) is 31.5 Å². The predicted molar refractivity (Wildman–Crippen MR) is 286 cm³/mol. The highest BCUT2D eigenvalue weighted by Crippen LogP contribution is 2.67. The highest BCUT2D eigenvalue weighted by molar-refractivity contribution is 7.80. The summed E-state index contributed by atoms with van der Waals surface area (Å²) in [6.45, 7) is 12.6. The van der Waals surface area contributed by atoms with Gasteiger partial charge in [0.05, 0.1) is 49.3 Å². The topological polar surface area (TPSA) is 436 Å². The SMILES string of the molecule is CC(C)CC(=O)CC(C)(O)[C@H]1CCC2C3C[C@H](O[C@@H]4O[C@H](C)[C@@H](O)[C@H](O[C@@H]5OC[C@@H](O[C@@H]6O[C@H](CO)[C@@H](O)[C@H](O)[C@H]6O[C@@H]6O[C@H](C)[C@H](O)[C@H](O)[C@H]6O)[C@H](O)[C@H]5O[C@@H]5O[C@H](C)[C@@H](O)[C@H](O)[C@H]5O)[C@H]4O)C4C[C@@H](OS(=O)(=O)O)CC[C@]4(C)C3=CC[C@@]21C. The standard InChI is InChI=1S/C56H92O28S/c1-21(2)15-25(58)18-56(8,70)34-10-9-28-27-17-31(30-16-26(84-85(71,72)73)11-13-54(30,6)29(27)12-14-55(28,34)7)78-51-45(69)46(37(61)24(5)77-51)81-52-47(82-49-43(67)40(64)35(59)22(3)75-49)39(63)33(20-74-52)80-53-48(42(66)38(62)32(19-57)79-53)83-50-44(68)41(65)36(60)23(4)76-50/h12,21-24,26-28,30-53,57,59-70H,9-11,13-20H2,1-8H3,(H,71,72,73)/t22-,23-,24-,26+,27?,28?,30?,31+,32-,33-,34+,35-,36+,37-,38-,39+,40+,41+,42+,43-,44-,45-,46+,47-,48-,49+,50+,51+,52+,53+,54-,55+,56?/m1/s1. The summed E-state index contributed by atoms with van der Waals surface area (Å²) in [7, 11) is -4.88. The number of carbonyl (C=O) groups excluding carboxylic acids is 1. The minimum Gasteiger partial charge on any atom is -0.394 e. The van der Waals surface area contributed by atoms with Crippen LogP contribution in [0.15, 0.2) is 11.6 Å². The second-order valence-corrected chi connectivity index (χ2v) is 27.7. The van der Waals surface area contributed by atoms with Gasteiger partial charge in [-0.15, -0.1) is 0 Å². The Labute approximate surface area is 494 Å². The van der Waals surface area contributed by atoms with Crippen LogP contribution in [-0.4, -0.2) is 264 Å². The number of ketones is 1. The Bertz CT molecular complexity index is 2420. The molecule has 29 heteroatoms. The summed E-state index contributed by atoms with van der Waals surface area (Å²) in [6, 6.07) is 0. The molecule has 0 aromatic carbocycles. The van der Waals surface area contributed by atoms with Crippen molar-refractivity contribution in [1.29, 1.82) is 0 Å². The van der Waals surface area contributed by atoms with Crippen molar-refractivity contribution >= 4 is 16.2 Å². The van der Waals surface area contributed by atoms with Crippen LogP contribution in [-0.2, 0) is 66.7 Å². The molecule has 28 nitrogen and oxygen atoms in total. The van der Waals surface area contributed by atoms with E-state index in [1.807, 2.05) is 13.8 Å². The number of rotatable bonds is 18. The van der Waals surface area contributed by atoms with E-state index in [1.165, 1.54) is 20.8 Å². The molecule has 33 atom stereocenters. The number of fused-ring (bicyclic) bond motifs is 5. The lowest BCUT2D eigenvalue weighted by Gasteiger charge is -2.60. The zero-order valence-electron chi connectivity index (χ0n) is 49.1. The number of hydrogen-bond donors (Lipinski definition) is 14. The molecule has 8 fully saturated rings. The molecule has 0 bridgehead atoms. The first kappa shape index (κ1) is 67.7. The second-order valence-electron chi connectivity index (χ2n) is 26.7. The molecule has 85 heavy (non-hydrogen) atoms. The van der Waals surface area contributed by atoms with Crippen LogP contribution in [0.25, 0.3) is 0 Å². The van der Waals surface area contributed by atoms with Crippen molar-refractivity contribution < 1.29 is 136 Å². The third-order valence-electron chi connectivity index (χ3n) is 20.3. The van der Waals surface area contributed by atoms with Crippen molar-refractivity contribution in [2.24, 2.45) is 40.4 Å². The molecule has 5 saturated heterocycles. The Morgan fingerprint density at radius 2 is 1.20 bits per heavy atom. The quantitative estimate of drug-likeness (QED) is 0.0491. The van der Waals surface area contributed by atoms with Gasteiger partial charge in [-0.1, -0.05) is 39.3 Å².